The van der Waals surface area contributed by atoms with Gasteiger partial charge in [0, 0.05) is 12.0 Å². The third-order valence-corrected chi connectivity index (χ3v) is 6.81. The largest absolute Gasteiger partial charge is 0.383 e. The Morgan fingerprint density at radius 1 is 1.06 bits per heavy atom. The van der Waals surface area contributed by atoms with Crippen LogP contribution in [-0.4, -0.2) is 25.5 Å². The summed E-state index contributed by atoms with van der Waals surface area (Å²) in [6, 6.07) is 10.3. The van der Waals surface area contributed by atoms with Crippen LogP contribution in [0, 0.1) is 6.92 Å². The molecule has 6 nitrogen and oxygen atoms in total. The normalized spacial score (nSPS) is 13.9. The van der Waals surface area contributed by atoms with Crippen LogP contribution < -0.4 is 5.73 Å². The summed E-state index contributed by atoms with van der Waals surface area (Å²) >= 11 is 0. The van der Waals surface area contributed by atoms with Crippen LogP contribution in [0.1, 0.15) is 80.0 Å². The highest BCUT2D eigenvalue weighted by Gasteiger charge is 2.30. The number of hydrogen-bond donors (Lipinski definition) is 2. The fraction of sp³-hybridized carbons (Fsp3) is 0.345. The van der Waals surface area contributed by atoms with Gasteiger partial charge < -0.3 is 10.7 Å². The van der Waals surface area contributed by atoms with Gasteiger partial charge in [0.25, 0.3) is 0 Å². The number of nitrogens with one attached hydrogen (secondary N) is 1. The van der Waals surface area contributed by atoms with Crippen molar-refractivity contribution < 1.29 is 4.79 Å². The molecule has 2 aromatic heterocycles. The number of hydrogen-bond acceptors (Lipinski definition) is 4. The van der Waals surface area contributed by atoms with E-state index in [2.05, 4.69) is 74.8 Å². The van der Waals surface area contributed by atoms with E-state index in [4.69, 9.17) is 5.73 Å². The number of anilines is 1. The molecule has 0 atom stereocenters. The fourth-order valence-corrected chi connectivity index (χ4v) is 4.83. The zero-order valence-electron chi connectivity index (χ0n) is 21.6. The minimum Gasteiger partial charge on any atom is -0.383 e. The lowest BCUT2D eigenvalue weighted by Gasteiger charge is -2.27. The number of ketones is 1. The lowest BCUT2D eigenvalue weighted by Crippen LogP contribution is -2.18. The van der Waals surface area contributed by atoms with Crippen molar-refractivity contribution in [1.29, 1.82) is 0 Å². The number of carbonyl (C=O) groups excluding carboxylic acids is 1. The van der Waals surface area contributed by atoms with E-state index in [9.17, 15) is 4.79 Å². The molecule has 0 aliphatic heterocycles. The van der Waals surface area contributed by atoms with Crippen molar-refractivity contribution in [3.05, 3.63) is 75.7 Å². The zero-order valence-corrected chi connectivity index (χ0v) is 21.6. The number of benzene rings is 2. The molecule has 5 rings (SSSR count). The number of aryl methyl sites for hydroxylation is 1. The number of carbonyl (C=O) groups is 1. The summed E-state index contributed by atoms with van der Waals surface area (Å²) in [6.07, 6.45) is 4.24. The molecule has 3 N–H and O–H groups in total. The van der Waals surface area contributed by atoms with E-state index >= 15 is 0 Å². The van der Waals surface area contributed by atoms with Crippen molar-refractivity contribution in [3.8, 4) is 5.69 Å². The summed E-state index contributed by atoms with van der Waals surface area (Å²) in [5, 5.41) is 4.45. The summed E-state index contributed by atoms with van der Waals surface area (Å²) in [7, 11) is 0. The van der Waals surface area contributed by atoms with Crippen LogP contribution in [0.25, 0.3) is 22.8 Å². The first-order valence-corrected chi connectivity index (χ1v) is 12.1. The van der Waals surface area contributed by atoms with E-state index in [-0.39, 0.29) is 16.6 Å². The number of rotatable bonds is 3. The molecule has 2 heterocycles. The van der Waals surface area contributed by atoms with Crippen LogP contribution in [0.4, 0.5) is 5.82 Å². The number of aromatic amines is 1. The molecular weight excluding hydrogens is 434 g/mol. The minimum absolute atomic E-state index is 0.0294. The van der Waals surface area contributed by atoms with Crippen molar-refractivity contribution in [2.75, 3.05) is 5.73 Å². The van der Waals surface area contributed by atoms with Crippen molar-refractivity contribution in [3.63, 3.8) is 0 Å². The van der Waals surface area contributed by atoms with Gasteiger partial charge in [-0.3, -0.25) is 4.79 Å². The molecule has 6 heteroatoms. The molecule has 0 radical (unpaired) electrons. The molecule has 0 unspecified atom stereocenters. The van der Waals surface area contributed by atoms with E-state index < -0.39 is 0 Å². The maximum Gasteiger partial charge on any atom is 0.194 e. The number of H-pyrrole nitrogens is 1. The van der Waals surface area contributed by atoms with Crippen LogP contribution in [0.15, 0.2) is 42.1 Å². The highest BCUT2D eigenvalue weighted by Crippen LogP contribution is 2.39. The SMILES string of the molecule is Cc1nc2ccc(-n3ncc(C(=O)C4=Cc5c(cc(C(C)(C)C)cc5C(C)(C)C)C4)c3N)cc2[nH]1. The Morgan fingerprint density at radius 2 is 1.80 bits per heavy atom. The fourth-order valence-electron chi connectivity index (χ4n) is 4.83. The number of aromatic nitrogens is 4. The summed E-state index contributed by atoms with van der Waals surface area (Å²) in [5.74, 6) is 1.12. The Hall–Kier alpha value is -3.67. The molecule has 180 valence electrons. The first-order valence-electron chi connectivity index (χ1n) is 12.1. The predicted molar refractivity (Wildman–Crippen MR) is 142 cm³/mol. The van der Waals surface area contributed by atoms with E-state index in [1.807, 2.05) is 25.1 Å². The monoisotopic (exact) mass is 467 g/mol. The Morgan fingerprint density at radius 3 is 2.49 bits per heavy atom. The summed E-state index contributed by atoms with van der Waals surface area (Å²) in [4.78, 5) is 21.3. The Kier molecular flexibility index (Phi) is 5.06. The molecule has 1 aliphatic rings. The van der Waals surface area contributed by atoms with Gasteiger partial charge in [-0.15, -0.1) is 0 Å². The topological polar surface area (TPSA) is 89.6 Å². The molecule has 35 heavy (non-hydrogen) atoms. The summed E-state index contributed by atoms with van der Waals surface area (Å²) in [6.45, 7) is 15.3. The smallest absolute Gasteiger partial charge is 0.194 e. The van der Waals surface area contributed by atoms with Crippen LogP contribution in [0.5, 0.6) is 0 Å². The van der Waals surface area contributed by atoms with Gasteiger partial charge in [-0.25, -0.2) is 9.67 Å². The molecule has 0 amide bonds. The standard InChI is InChI=1S/C29H33N5O/c1-16-32-24-9-8-20(14-25(24)33-16)34-27(30)22(15-31-34)26(35)18-10-17-11-19(28(2,3)4)13-23(21(17)12-18)29(5,6)7/h8-9,11-15H,10,30H2,1-7H3,(H,32,33). The van der Waals surface area contributed by atoms with Gasteiger partial charge in [-0.2, -0.15) is 5.10 Å². The number of fused-ring (bicyclic) bond motifs is 2. The second kappa shape index (κ2) is 7.67. The third kappa shape index (κ3) is 3.97. The maximum absolute atomic E-state index is 13.6. The molecular formula is C29H33N5O. The predicted octanol–water partition coefficient (Wildman–Crippen LogP) is 6.06. The lowest BCUT2D eigenvalue weighted by molar-refractivity contribution is 0.103. The summed E-state index contributed by atoms with van der Waals surface area (Å²) < 4.78 is 1.61. The van der Waals surface area contributed by atoms with Gasteiger partial charge in [-0.05, 0) is 64.3 Å². The van der Waals surface area contributed by atoms with Gasteiger partial charge in [0.1, 0.15) is 11.6 Å². The van der Waals surface area contributed by atoms with Gasteiger partial charge in [0.15, 0.2) is 5.78 Å². The van der Waals surface area contributed by atoms with Crippen LogP contribution in [0.2, 0.25) is 0 Å². The third-order valence-electron chi connectivity index (χ3n) is 6.81. The van der Waals surface area contributed by atoms with E-state index in [1.54, 1.807) is 10.9 Å². The van der Waals surface area contributed by atoms with Crippen LogP contribution in [-0.2, 0) is 17.3 Å². The average molecular weight is 468 g/mol. The maximum atomic E-state index is 13.6. The van der Waals surface area contributed by atoms with E-state index in [1.165, 1.54) is 22.3 Å². The molecule has 0 spiro atoms. The number of nitrogens with two attached hydrogens (primary N) is 1. The van der Waals surface area contributed by atoms with Crippen LogP contribution in [0.3, 0.4) is 0 Å². The highest BCUT2D eigenvalue weighted by molar-refractivity contribution is 6.15. The molecule has 4 aromatic rings. The highest BCUT2D eigenvalue weighted by atomic mass is 16.1. The second-order valence-corrected chi connectivity index (χ2v) is 11.7. The summed E-state index contributed by atoms with van der Waals surface area (Å²) in [5.41, 5.74) is 15.1. The molecule has 0 bridgehead atoms. The number of nitrogen functional groups attached to an aromatic ring is 1. The minimum atomic E-state index is -0.0689. The number of Topliss-reactive ketones (excluding diaryl/α,β-unsaturated/α-hetero) is 1. The molecule has 1 aliphatic carbocycles. The molecule has 0 fully saturated rings. The van der Waals surface area contributed by atoms with Gasteiger partial charge in [-0.1, -0.05) is 53.7 Å². The lowest BCUT2D eigenvalue weighted by atomic mass is 9.77. The first-order chi connectivity index (χ1) is 16.3. The van der Waals surface area contributed by atoms with Gasteiger partial charge in [0.2, 0.25) is 0 Å². The van der Waals surface area contributed by atoms with E-state index in [0.29, 0.717) is 17.8 Å². The number of imidazole rings is 1. The molecule has 0 saturated heterocycles. The quantitative estimate of drug-likeness (QED) is 0.359. The zero-order chi connectivity index (χ0) is 25.3. The van der Waals surface area contributed by atoms with Crippen molar-refractivity contribution in [2.24, 2.45) is 0 Å². The average Bonchev–Trinajstić information content (AvgIpc) is 3.45. The molecule has 2 aromatic carbocycles. The Balaban J connectivity index is 1.51. The molecule has 0 saturated carbocycles. The second-order valence-electron chi connectivity index (χ2n) is 11.7. The first kappa shape index (κ1) is 23.1. The van der Waals surface area contributed by atoms with E-state index in [0.717, 1.165) is 28.1 Å². The van der Waals surface area contributed by atoms with Crippen LogP contribution >= 0.6 is 0 Å². The Bertz CT molecular complexity index is 1520. The number of nitrogens with zero attached hydrogens (tertiary/aromatic N) is 3. The van der Waals surface area contributed by atoms with Crippen molar-refractivity contribution >= 4 is 28.7 Å². The Labute approximate surface area is 206 Å². The van der Waals surface area contributed by atoms with Gasteiger partial charge in [0.05, 0.1) is 28.5 Å². The number of allylic oxidation sites excluding steroid dienone is 1. The van der Waals surface area contributed by atoms with Gasteiger partial charge >= 0.3 is 0 Å². The van der Waals surface area contributed by atoms with Crippen molar-refractivity contribution in [2.45, 2.75) is 65.7 Å². The van der Waals surface area contributed by atoms with Crippen molar-refractivity contribution in [1.82, 2.24) is 19.7 Å².